The van der Waals surface area contributed by atoms with Crippen LogP contribution in [0, 0.1) is 5.41 Å². The number of phosphoric acid groups is 3. The van der Waals surface area contributed by atoms with Crippen molar-refractivity contribution in [1.82, 2.24) is 30.2 Å². The summed E-state index contributed by atoms with van der Waals surface area (Å²) in [4.78, 5) is 117. The predicted octanol–water partition coefficient (Wildman–Crippen LogP) is -1.24. The number of phosphoric ester groups is 3. The van der Waals surface area contributed by atoms with Crippen LogP contribution in [0.25, 0.3) is 11.2 Å². The number of nitrogens with two attached hydrogens (primary N) is 1. The molecule has 6 N–H and O–H groups in total. The van der Waals surface area contributed by atoms with E-state index in [2.05, 4.69) is 43.5 Å². The summed E-state index contributed by atoms with van der Waals surface area (Å²) in [6, 6.07) is 0. The van der Waals surface area contributed by atoms with Gasteiger partial charge in [-0.25, -0.2) is 19.3 Å². The standard InChI is InChI=1S/C26H42N7O18P3S.C4H8O.2CH4/c1-4-14(34)9-17(36)55-8-7-28-16(35)5-6-29-24(39)21(38)26(2,3)11-48-54(45,46)51-53(43,44)47-10-15-20(50-52(40,41)42)19(37)25(49-15)33-13-32-18-22(27)30-12-31-23(18)33;1-3-4(2)5;;/h12-13,15,19-21,25,37-38H,4-11H2,1-3H3,(H,28,35)(H,29,39)(H,43,44)(H,45,46)(H2,27,30,31)(H2,40,41,42);3H2,1-2H3;2*1H4/p-4. The summed E-state index contributed by atoms with van der Waals surface area (Å²) in [5.74, 6) is -1.37. The first-order valence-corrected chi connectivity index (χ1v) is 23.1. The number of aromatic nitrogens is 4. The highest BCUT2D eigenvalue weighted by atomic mass is 32.2. The topological polar surface area (TPSA) is 409 Å². The third-order valence-electron chi connectivity index (χ3n) is 7.97. The molecule has 2 amide bonds. The molecular weight excluding hydrogens is 911 g/mol. The molecule has 0 aliphatic carbocycles. The Kier molecular flexibility index (Phi) is 24.7. The van der Waals surface area contributed by atoms with Gasteiger partial charge in [-0.2, -0.15) is 0 Å². The van der Waals surface area contributed by atoms with Gasteiger partial charge in [0.1, 0.15) is 47.8 Å². The van der Waals surface area contributed by atoms with Crippen LogP contribution in [0.15, 0.2) is 12.7 Å². The van der Waals surface area contributed by atoms with E-state index in [-0.39, 0.29) is 86.6 Å². The predicted molar refractivity (Wildman–Crippen MR) is 213 cm³/mol. The van der Waals surface area contributed by atoms with Gasteiger partial charge in [0.25, 0.3) is 15.6 Å². The third-order valence-corrected chi connectivity index (χ3v) is 11.9. The van der Waals surface area contributed by atoms with Crippen molar-refractivity contribution >= 4 is 80.7 Å². The zero-order valence-electron chi connectivity index (χ0n) is 32.9. The number of rotatable bonds is 23. The minimum absolute atomic E-state index is 0. The minimum atomic E-state index is -5.92. The van der Waals surface area contributed by atoms with E-state index in [1.807, 2.05) is 6.92 Å². The molecule has 1 fully saturated rings. The molecule has 2 aromatic heterocycles. The average molecular weight is 966 g/mol. The van der Waals surface area contributed by atoms with Crippen LogP contribution in [0.1, 0.15) is 81.4 Å². The summed E-state index contributed by atoms with van der Waals surface area (Å²) in [5, 5.41) is 25.7. The van der Waals surface area contributed by atoms with Crippen molar-refractivity contribution in [2.75, 3.05) is 37.8 Å². The molecule has 356 valence electrons. The van der Waals surface area contributed by atoms with E-state index in [1.165, 1.54) is 13.8 Å². The molecule has 30 heteroatoms. The Labute approximate surface area is 361 Å². The number of carbonyl (C=O) groups excluding carboxylic acids is 5. The Morgan fingerprint density at radius 2 is 1.61 bits per heavy atom. The lowest BCUT2D eigenvalue weighted by Crippen LogP contribution is -2.46. The number of nitrogen functional groups attached to an aromatic ring is 1. The van der Waals surface area contributed by atoms with E-state index in [4.69, 9.17) is 10.5 Å². The number of ether oxygens (including phenoxy) is 1. The molecule has 1 saturated heterocycles. The Bertz CT molecular complexity index is 1970. The van der Waals surface area contributed by atoms with Crippen LogP contribution < -0.4 is 35.9 Å². The van der Waals surface area contributed by atoms with Gasteiger partial charge < -0.3 is 73.8 Å². The molecule has 62 heavy (non-hydrogen) atoms. The lowest BCUT2D eigenvalue weighted by atomic mass is 9.87. The summed E-state index contributed by atoms with van der Waals surface area (Å²) >= 11 is 0.881. The number of anilines is 1. The van der Waals surface area contributed by atoms with Gasteiger partial charge in [0.2, 0.25) is 11.8 Å². The van der Waals surface area contributed by atoms with Crippen molar-refractivity contribution in [1.29, 1.82) is 0 Å². The fourth-order valence-electron chi connectivity index (χ4n) is 4.61. The minimum Gasteiger partial charge on any atom is -0.790 e. The van der Waals surface area contributed by atoms with Crippen molar-refractivity contribution in [2.24, 2.45) is 5.41 Å². The van der Waals surface area contributed by atoms with Crippen molar-refractivity contribution in [3.05, 3.63) is 12.7 Å². The number of hydrogen-bond acceptors (Lipinski definition) is 24. The normalized spacial score (nSPS) is 19.9. The van der Waals surface area contributed by atoms with Gasteiger partial charge in [0.15, 0.2) is 22.8 Å². The van der Waals surface area contributed by atoms with Crippen LogP contribution in [0.2, 0.25) is 0 Å². The van der Waals surface area contributed by atoms with Crippen LogP contribution in [-0.4, -0.2) is 115 Å². The lowest BCUT2D eigenvalue weighted by molar-refractivity contribution is -0.347. The quantitative estimate of drug-likeness (QED) is 0.0494. The van der Waals surface area contributed by atoms with E-state index in [0.29, 0.717) is 6.42 Å². The van der Waals surface area contributed by atoms with E-state index >= 15 is 0 Å². The molecule has 2 aromatic rings. The Morgan fingerprint density at radius 3 is 2.19 bits per heavy atom. The first kappa shape index (κ1) is 58.9. The maximum absolute atomic E-state index is 12.5. The second-order valence-corrected chi connectivity index (χ2v) is 18.5. The van der Waals surface area contributed by atoms with Gasteiger partial charge in [-0.15, -0.1) is 0 Å². The summed E-state index contributed by atoms with van der Waals surface area (Å²) < 4.78 is 60.3. The first-order chi connectivity index (χ1) is 27.7. The molecule has 0 saturated carbocycles. The number of aliphatic hydroxyl groups is 2. The Balaban J connectivity index is 0.00000501. The molecule has 7 unspecified atom stereocenters. The highest BCUT2D eigenvalue weighted by molar-refractivity contribution is 8.13. The maximum atomic E-state index is 12.5. The Morgan fingerprint density at radius 1 is 1.00 bits per heavy atom. The number of imidazole rings is 1. The molecule has 26 nitrogen and oxygen atoms in total. The third kappa shape index (κ3) is 19.7. The number of amides is 2. The second kappa shape index (κ2) is 26.0. The van der Waals surface area contributed by atoms with Crippen molar-refractivity contribution in [3.63, 3.8) is 0 Å². The van der Waals surface area contributed by atoms with Gasteiger partial charge in [0.05, 0.1) is 33.8 Å². The summed E-state index contributed by atoms with van der Waals surface area (Å²) in [6.07, 6.45) is -7.00. The number of nitrogens with zero attached hydrogens (tertiary/aromatic N) is 4. The molecule has 0 bridgehead atoms. The molecule has 3 heterocycles. The molecule has 3 rings (SSSR count). The van der Waals surface area contributed by atoms with E-state index in [0.717, 1.165) is 29.0 Å². The van der Waals surface area contributed by atoms with Crippen LogP contribution in [0.4, 0.5) is 5.82 Å². The van der Waals surface area contributed by atoms with Gasteiger partial charge in [-0.1, -0.05) is 54.3 Å². The van der Waals surface area contributed by atoms with Gasteiger partial charge in [-0.3, -0.25) is 32.9 Å². The van der Waals surface area contributed by atoms with Crippen LogP contribution in [0.3, 0.4) is 0 Å². The average Bonchev–Trinajstić information content (AvgIpc) is 3.71. The molecule has 7 atom stereocenters. The van der Waals surface area contributed by atoms with Gasteiger partial charge >= 0.3 is 0 Å². The number of aliphatic hydroxyl groups excluding tert-OH is 2. The van der Waals surface area contributed by atoms with Crippen LogP contribution >= 0.6 is 35.2 Å². The number of thioether (sulfide) groups is 1. The molecular formula is C32H54N7O19P3S-4. The number of nitrogens with one attached hydrogen (secondary N) is 2. The van der Waals surface area contributed by atoms with E-state index < -0.39 is 84.6 Å². The summed E-state index contributed by atoms with van der Waals surface area (Å²) in [5.41, 5.74) is 4.03. The molecule has 0 radical (unpaired) electrons. The van der Waals surface area contributed by atoms with Crippen molar-refractivity contribution < 1.29 is 90.1 Å². The molecule has 1 aliphatic rings. The van der Waals surface area contributed by atoms with Crippen LogP contribution in [-0.2, 0) is 60.3 Å². The Hall–Kier alpha value is -3.10. The smallest absolute Gasteiger partial charge is 0.274 e. The summed E-state index contributed by atoms with van der Waals surface area (Å²) in [6.45, 7) is 4.97. The second-order valence-electron chi connectivity index (χ2n) is 13.3. The summed E-state index contributed by atoms with van der Waals surface area (Å²) in [7, 11) is -17.6. The number of fused-ring (bicyclic) bond motifs is 1. The van der Waals surface area contributed by atoms with Crippen molar-refractivity contribution in [2.45, 2.75) is 106 Å². The number of carbonyl (C=O) groups is 5. The molecule has 0 spiro atoms. The lowest BCUT2D eigenvalue weighted by Gasteiger charge is -2.36. The zero-order chi connectivity index (χ0) is 45.6. The largest absolute Gasteiger partial charge is 0.790 e. The number of Topliss-reactive ketones (excluding diaryl/α,β-unsaturated/α-hetero) is 2. The van der Waals surface area contributed by atoms with Gasteiger partial charge in [0, 0.05) is 43.5 Å². The monoisotopic (exact) mass is 965 g/mol. The first-order valence-electron chi connectivity index (χ1n) is 17.7. The fourth-order valence-corrected chi connectivity index (χ4v) is 8.04. The molecule has 1 aliphatic heterocycles. The van der Waals surface area contributed by atoms with Gasteiger partial charge in [-0.05, 0) is 6.92 Å². The SMILES string of the molecule is C.C.CCC(=O)CC(=O)SCCNC(=O)CCNC(=O)C(O)C(C)(C)COP(=O)([O-])OP(=O)([O-])OCC1OC(n2cnc3c(N)ncnc32)C(O)C1OP(=O)([O-])[O-].CCC(C)=O. The van der Waals surface area contributed by atoms with E-state index in [9.17, 15) is 67.5 Å². The maximum Gasteiger partial charge on any atom is 0.274 e. The zero-order valence-corrected chi connectivity index (χ0v) is 36.4. The molecule has 0 aromatic carbocycles. The van der Waals surface area contributed by atoms with Crippen LogP contribution in [0.5, 0.6) is 0 Å². The fraction of sp³-hybridized carbons (Fsp3) is 0.688. The number of ketones is 2. The van der Waals surface area contributed by atoms with Crippen molar-refractivity contribution in [3.8, 4) is 0 Å². The highest BCUT2D eigenvalue weighted by Crippen LogP contribution is 2.56. The number of hydrogen-bond donors (Lipinski definition) is 5. The van der Waals surface area contributed by atoms with E-state index in [1.54, 1.807) is 13.8 Å². The highest BCUT2D eigenvalue weighted by Gasteiger charge is 2.47.